The van der Waals surface area contributed by atoms with Crippen LogP contribution in [0.15, 0.2) is 59.6 Å². The van der Waals surface area contributed by atoms with E-state index < -0.39 is 0 Å². The topological polar surface area (TPSA) is 53.6 Å². The fourth-order valence-corrected chi connectivity index (χ4v) is 1.78. The molecule has 2 aromatic rings. The number of benzene rings is 2. The summed E-state index contributed by atoms with van der Waals surface area (Å²) >= 11 is 0. The van der Waals surface area contributed by atoms with E-state index in [0.717, 1.165) is 11.3 Å². The quantitative estimate of drug-likeness (QED) is 0.662. The van der Waals surface area contributed by atoms with Crippen LogP contribution < -0.4 is 16.0 Å². The second-order valence-electron chi connectivity index (χ2n) is 4.75. The van der Waals surface area contributed by atoms with Crippen molar-refractivity contribution in [3.63, 3.8) is 0 Å². The Hall–Kier alpha value is -2.49. The Balaban J connectivity index is 1.94. The third kappa shape index (κ3) is 4.02. The molecule has 4 nitrogen and oxygen atoms in total. The molecule has 0 heterocycles. The maximum atomic E-state index is 5.86. The van der Waals surface area contributed by atoms with Gasteiger partial charge in [0.25, 0.3) is 0 Å². The fraction of sp³-hybridized carbons (Fsp3) is 0.188. The lowest BCUT2D eigenvalue weighted by Gasteiger charge is -2.12. The van der Waals surface area contributed by atoms with Crippen molar-refractivity contribution in [1.82, 2.24) is 0 Å². The Kier molecular flexibility index (Phi) is 4.60. The summed E-state index contributed by atoms with van der Waals surface area (Å²) < 4.78 is 0. The lowest BCUT2D eigenvalue weighted by atomic mass is 10.2. The van der Waals surface area contributed by atoms with Gasteiger partial charge in [-0.2, -0.15) is 0 Å². The average molecular weight is 268 g/mol. The van der Waals surface area contributed by atoms with Crippen molar-refractivity contribution in [2.45, 2.75) is 6.54 Å². The number of hydrogen-bond donors (Lipinski definition) is 2. The van der Waals surface area contributed by atoms with E-state index in [9.17, 15) is 0 Å². The van der Waals surface area contributed by atoms with Crippen LogP contribution >= 0.6 is 0 Å². The number of nitrogens with two attached hydrogens (primary N) is 1. The predicted molar refractivity (Wildman–Crippen MR) is 86.2 cm³/mol. The summed E-state index contributed by atoms with van der Waals surface area (Å²) in [4.78, 5) is 6.40. The van der Waals surface area contributed by atoms with E-state index in [4.69, 9.17) is 5.73 Å². The number of anilines is 2. The maximum absolute atomic E-state index is 5.86. The molecule has 2 rings (SSSR count). The summed E-state index contributed by atoms with van der Waals surface area (Å²) in [5, 5.41) is 3.06. The average Bonchev–Trinajstić information content (AvgIpc) is 2.46. The fourth-order valence-electron chi connectivity index (χ4n) is 1.78. The minimum absolute atomic E-state index is 0.424. The van der Waals surface area contributed by atoms with E-state index in [0.29, 0.717) is 12.5 Å². The van der Waals surface area contributed by atoms with Crippen LogP contribution in [0.2, 0.25) is 0 Å². The molecule has 0 aromatic heterocycles. The molecule has 3 N–H and O–H groups in total. The van der Waals surface area contributed by atoms with Crippen LogP contribution in [0.3, 0.4) is 0 Å². The minimum Gasteiger partial charge on any atom is -0.378 e. The Bertz CT molecular complexity index is 559. The highest BCUT2D eigenvalue weighted by molar-refractivity contribution is 5.92. The summed E-state index contributed by atoms with van der Waals surface area (Å²) in [6.07, 6.45) is 0. The van der Waals surface area contributed by atoms with Gasteiger partial charge in [0.15, 0.2) is 5.96 Å². The third-order valence-corrected chi connectivity index (χ3v) is 2.93. The molecule has 0 unspecified atom stereocenters. The number of guanidine groups is 1. The maximum Gasteiger partial charge on any atom is 0.193 e. The second-order valence-corrected chi connectivity index (χ2v) is 4.75. The largest absolute Gasteiger partial charge is 0.378 e. The number of hydrogen-bond acceptors (Lipinski definition) is 2. The van der Waals surface area contributed by atoms with Gasteiger partial charge in [0, 0.05) is 25.5 Å². The van der Waals surface area contributed by atoms with Gasteiger partial charge < -0.3 is 16.0 Å². The minimum atomic E-state index is 0.424. The van der Waals surface area contributed by atoms with Crippen LogP contribution in [-0.4, -0.2) is 20.1 Å². The summed E-state index contributed by atoms with van der Waals surface area (Å²) in [7, 11) is 4.05. The van der Waals surface area contributed by atoms with Gasteiger partial charge >= 0.3 is 0 Å². The molecule has 0 saturated heterocycles. The van der Waals surface area contributed by atoms with Gasteiger partial charge in [0.1, 0.15) is 0 Å². The number of nitrogens with one attached hydrogen (secondary N) is 1. The lowest BCUT2D eigenvalue weighted by molar-refractivity contribution is 1.05. The lowest BCUT2D eigenvalue weighted by Crippen LogP contribution is -2.22. The number of rotatable bonds is 4. The smallest absolute Gasteiger partial charge is 0.193 e. The molecule has 0 aliphatic rings. The first-order chi connectivity index (χ1) is 9.65. The third-order valence-electron chi connectivity index (χ3n) is 2.93. The first kappa shape index (κ1) is 13.9. The Morgan fingerprint density at radius 2 is 1.70 bits per heavy atom. The molecule has 0 atom stereocenters. The normalized spacial score (nSPS) is 11.2. The Labute approximate surface area is 119 Å². The molecular weight excluding hydrogens is 248 g/mol. The van der Waals surface area contributed by atoms with E-state index in [1.807, 2.05) is 44.4 Å². The van der Waals surface area contributed by atoms with Crippen LogP contribution in [0.4, 0.5) is 11.4 Å². The van der Waals surface area contributed by atoms with E-state index in [-0.39, 0.29) is 0 Å². The molecule has 2 aromatic carbocycles. The van der Waals surface area contributed by atoms with Gasteiger partial charge in [-0.1, -0.05) is 30.3 Å². The summed E-state index contributed by atoms with van der Waals surface area (Å²) in [6.45, 7) is 0.569. The zero-order valence-electron chi connectivity index (χ0n) is 11.9. The molecule has 0 saturated carbocycles. The number of aliphatic imine (C=N–C) groups is 1. The molecule has 0 amide bonds. The monoisotopic (exact) mass is 268 g/mol. The van der Waals surface area contributed by atoms with Crippen molar-refractivity contribution in [3.05, 3.63) is 60.2 Å². The first-order valence-electron chi connectivity index (χ1n) is 6.53. The highest BCUT2D eigenvalue weighted by Crippen LogP contribution is 2.12. The summed E-state index contributed by atoms with van der Waals surface area (Å²) in [5.74, 6) is 0.424. The first-order valence-corrected chi connectivity index (χ1v) is 6.53. The zero-order chi connectivity index (χ0) is 14.4. The van der Waals surface area contributed by atoms with Crippen molar-refractivity contribution in [2.75, 3.05) is 24.3 Å². The molecule has 0 spiro atoms. The molecular formula is C16H20N4. The van der Waals surface area contributed by atoms with Crippen LogP contribution in [0, 0.1) is 0 Å². The number of para-hydroxylation sites is 1. The number of nitrogens with zero attached hydrogens (tertiary/aromatic N) is 2. The Morgan fingerprint density at radius 3 is 2.30 bits per heavy atom. The molecule has 0 aliphatic carbocycles. The molecule has 0 aliphatic heterocycles. The van der Waals surface area contributed by atoms with Crippen LogP contribution in [-0.2, 0) is 6.54 Å². The highest BCUT2D eigenvalue weighted by atomic mass is 15.1. The van der Waals surface area contributed by atoms with Crippen LogP contribution in [0.5, 0.6) is 0 Å². The van der Waals surface area contributed by atoms with E-state index >= 15 is 0 Å². The van der Waals surface area contributed by atoms with E-state index in [1.54, 1.807) is 0 Å². The second kappa shape index (κ2) is 6.61. The molecule has 0 fully saturated rings. The van der Waals surface area contributed by atoms with Crippen molar-refractivity contribution < 1.29 is 0 Å². The standard InChI is InChI=1S/C16H20N4/c1-20(2)15-10-8-13(9-11-15)12-18-16(17)19-14-6-4-3-5-7-14/h3-11H,12H2,1-2H3,(H3,17,18,19). The van der Waals surface area contributed by atoms with Crippen molar-refractivity contribution in [2.24, 2.45) is 10.7 Å². The summed E-state index contributed by atoms with van der Waals surface area (Å²) in [6, 6.07) is 18.1. The van der Waals surface area contributed by atoms with Gasteiger partial charge in [-0.15, -0.1) is 0 Å². The van der Waals surface area contributed by atoms with Crippen molar-refractivity contribution in [1.29, 1.82) is 0 Å². The van der Waals surface area contributed by atoms with Crippen molar-refractivity contribution >= 4 is 17.3 Å². The SMILES string of the molecule is CN(C)c1ccc(CN=C(N)Nc2ccccc2)cc1. The predicted octanol–water partition coefficient (Wildman–Crippen LogP) is 2.68. The van der Waals surface area contributed by atoms with Gasteiger partial charge in [-0.3, -0.25) is 0 Å². The van der Waals surface area contributed by atoms with Gasteiger partial charge in [-0.25, -0.2) is 4.99 Å². The van der Waals surface area contributed by atoms with Gasteiger partial charge in [0.2, 0.25) is 0 Å². The van der Waals surface area contributed by atoms with E-state index in [1.165, 1.54) is 5.69 Å². The Morgan fingerprint density at radius 1 is 1.05 bits per heavy atom. The van der Waals surface area contributed by atoms with E-state index in [2.05, 4.69) is 39.5 Å². The van der Waals surface area contributed by atoms with Gasteiger partial charge in [-0.05, 0) is 29.8 Å². The van der Waals surface area contributed by atoms with Gasteiger partial charge in [0.05, 0.1) is 6.54 Å². The zero-order valence-corrected chi connectivity index (χ0v) is 11.9. The highest BCUT2D eigenvalue weighted by Gasteiger charge is 1.97. The molecule has 0 bridgehead atoms. The molecule has 4 heteroatoms. The summed E-state index contributed by atoms with van der Waals surface area (Å²) in [5.41, 5.74) is 9.11. The molecule has 20 heavy (non-hydrogen) atoms. The van der Waals surface area contributed by atoms with Crippen LogP contribution in [0.25, 0.3) is 0 Å². The van der Waals surface area contributed by atoms with Crippen molar-refractivity contribution in [3.8, 4) is 0 Å². The molecule has 104 valence electrons. The van der Waals surface area contributed by atoms with Crippen LogP contribution in [0.1, 0.15) is 5.56 Å². The molecule has 0 radical (unpaired) electrons.